The predicted molar refractivity (Wildman–Crippen MR) is 77.5 cm³/mol. The number of aliphatic carboxylic acids is 1. The standard InChI is InChI=1S/C13H26N2O4S/c1-3-4-9-15(2)20(18,19)14-10-11-7-5-6-8-12(11)13(16)17/h11-12,14H,3-10H2,1-2H3,(H,16,17). The fourth-order valence-electron chi connectivity index (χ4n) is 2.60. The summed E-state index contributed by atoms with van der Waals surface area (Å²) >= 11 is 0. The minimum atomic E-state index is -3.49. The summed E-state index contributed by atoms with van der Waals surface area (Å²) in [4.78, 5) is 11.2. The van der Waals surface area contributed by atoms with Gasteiger partial charge >= 0.3 is 5.97 Å². The monoisotopic (exact) mass is 306 g/mol. The van der Waals surface area contributed by atoms with Crippen LogP contribution in [0.4, 0.5) is 0 Å². The normalized spacial score (nSPS) is 23.9. The van der Waals surface area contributed by atoms with Crippen molar-refractivity contribution in [2.45, 2.75) is 45.4 Å². The van der Waals surface area contributed by atoms with Crippen LogP contribution in [-0.4, -0.2) is 43.9 Å². The third-order valence-electron chi connectivity index (χ3n) is 3.99. The summed E-state index contributed by atoms with van der Waals surface area (Å²) in [7, 11) is -1.94. The van der Waals surface area contributed by atoms with Crippen LogP contribution in [0.3, 0.4) is 0 Å². The lowest BCUT2D eigenvalue weighted by Gasteiger charge is -2.29. The first-order valence-electron chi connectivity index (χ1n) is 7.32. The van der Waals surface area contributed by atoms with Crippen molar-refractivity contribution in [2.24, 2.45) is 11.8 Å². The molecule has 118 valence electrons. The van der Waals surface area contributed by atoms with E-state index in [1.165, 1.54) is 4.31 Å². The molecule has 1 saturated carbocycles. The Hall–Kier alpha value is -0.660. The van der Waals surface area contributed by atoms with E-state index in [1.807, 2.05) is 6.92 Å². The van der Waals surface area contributed by atoms with Crippen molar-refractivity contribution in [1.82, 2.24) is 9.03 Å². The number of carbonyl (C=O) groups is 1. The van der Waals surface area contributed by atoms with Crippen LogP contribution < -0.4 is 4.72 Å². The Kier molecular flexibility index (Phi) is 6.91. The molecule has 2 N–H and O–H groups in total. The van der Waals surface area contributed by atoms with Crippen LogP contribution in [0.5, 0.6) is 0 Å². The third-order valence-corrected chi connectivity index (χ3v) is 5.53. The van der Waals surface area contributed by atoms with Crippen molar-refractivity contribution in [3.05, 3.63) is 0 Å². The van der Waals surface area contributed by atoms with Crippen LogP contribution in [0, 0.1) is 11.8 Å². The van der Waals surface area contributed by atoms with Gasteiger partial charge in [0.15, 0.2) is 0 Å². The number of hydrogen-bond acceptors (Lipinski definition) is 3. The molecule has 2 unspecified atom stereocenters. The molecule has 0 bridgehead atoms. The molecule has 0 aromatic heterocycles. The molecule has 0 saturated heterocycles. The van der Waals surface area contributed by atoms with Gasteiger partial charge in [0.2, 0.25) is 0 Å². The van der Waals surface area contributed by atoms with Gasteiger partial charge in [0, 0.05) is 20.1 Å². The second-order valence-electron chi connectivity index (χ2n) is 5.52. The lowest BCUT2D eigenvalue weighted by atomic mass is 9.79. The zero-order valence-electron chi connectivity index (χ0n) is 12.3. The van der Waals surface area contributed by atoms with Gasteiger partial charge in [-0.25, -0.2) is 4.72 Å². The molecule has 0 radical (unpaired) electrons. The van der Waals surface area contributed by atoms with Crippen LogP contribution in [0.15, 0.2) is 0 Å². The number of nitrogens with zero attached hydrogens (tertiary/aromatic N) is 1. The number of hydrogen-bond donors (Lipinski definition) is 2. The second kappa shape index (κ2) is 7.95. The molecule has 1 aliphatic rings. The Bertz CT molecular complexity index is 411. The van der Waals surface area contributed by atoms with E-state index >= 15 is 0 Å². The molecule has 0 heterocycles. The maximum absolute atomic E-state index is 12.0. The summed E-state index contributed by atoms with van der Waals surface area (Å²) in [6.45, 7) is 2.71. The predicted octanol–water partition coefficient (Wildman–Crippen LogP) is 1.44. The van der Waals surface area contributed by atoms with E-state index in [4.69, 9.17) is 0 Å². The molecular weight excluding hydrogens is 280 g/mol. The van der Waals surface area contributed by atoms with Gasteiger partial charge in [-0.05, 0) is 25.2 Å². The van der Waals surface area contributed by atoms with Crippen LogP contribution >= 0.6 is 0 Å². The Morgan fingerprint density at radius 1 is 1.35 bits per heavy atom. The fourth-order valence-corrected chi connectivity index (χ4v) is 3.62. The van der Waals surface area contributed by atoms with Crippen molar-refractivity contribution in [1.29, 1.82) is 0 Å². The van der Waals surface area contributed by atoms with E-state index in [0.717, 1.165) is 32.1 Å². The van der Waals surface area contributed by atoms with Crippen molar-refractivity contribution in [2.75, 3.05) is 20.1 Å². The first-order valence-corrected chi connectivity index (χ1v) is 8.76. The minimum absolute atomic E-state index is 0.101. The van der Waals surface area contributed by atoms with E-state index in [1.54, 1.807) is 7.05 Å². The van der Waals surface area contributed by atoms with E-state index in [9.17, 15) is 18.3 Å². The van der Waals surface area contributed by atoms with Gasteiger partial charge < -0.3 is 5.11 Å². The highest BCUT2D eigenvalue weighted by Gasteiger charge is 2.31. The Morgan fingerprint density at radius 3 is 2.60 bits per heavy atom. The minimum Gasteiger partial charge on any atom is -0.481 e. The Balaban J connectivity index is 2.53. The lowest BCUT2D eigenvalue weighted by molar-refractivity contribution is -0.144. The van der Waals surface area contributed by atoms with Gasteiger partial charge in [-0.1, -0.05) is 26.2 Å². The number of unbranched alkanes of at least 4 members (excludes halogenated alkanes) is 1. The van der Waals surface area contributed by atoms with Gasteiger partial charge in [0.25, 0.3) is 10.2 Å². The number of carboxylic acid groups (broad SMARTS) is 1. The van der Waals surface area contributed by atoms with Gasteiger partial charge in [-0.3, -0.25) is 4.79 Å². The molecule has 0 spiro atoms. The Labute approximate surface area is 121 Å². The number of nitrogens with one attached hydrogen (secondary N) is 1. The first kappa shape index (κ1) is 17.4. The topological polar surface area (TPSA) is 86.7 Å². The van der Waals surface area contributed by atoms with Crippen molar-refractivity contribution in [3.8, 4) is 0 Å². The smallest absolute Gasteiger partial charge is 0.306 e. The zero-order valence-corrected chi connectivity index (χ0v) is 13.2. The van der Waals surface area contributed by atoms with Crippen LogP contribution in [-0.2, 0) is 15.0 Å². The average molecular weight is 306 g/mol. The molecule has 2 atom stereocenters. The van der Waals surface area contributed by atoms with E-state index in [-0.39, 0.29) is 12.5 Å². The fraction of sp³-hybridized carbons (Fsp3) is 0.923. The van der Waals surface area contributed by atoms with E-state index in [2.05, 4.69) is 4.72 Å². The third kappa shape index (κ3) is 5.03. The molecule has 7 heteroatoms. The first-order chi connectivity index (χ1) is 9.38. The number of rotatable bonds is 8. The summed E-state index contributed by atoms with van der Waals surface area (Å²) in [6.07, 6.45) is 5.06. The SMILES string of the molecule is CCCCN(C)S(=O)(=O)NCC1CCCCC1C(=O)O. The molecule has 1 fully saturated rings. The van der Waals surface area contributed by atoms with Crippen LogP contribution in [0.2, 0.25) is 0 Å². The van der Waals surface area contributed by atoms with Crippen LogP contribution in [0.25, 0.3) is 0 Å². The lowest BCUT2D eigenvalue weighted by Crippen LogP contribution is -2.43. The summed E-state index contributed by atoms with van der Waals surface area (Å²) in [5.74, 6) is -1.34. The second-order valence-corrected chi connectivity index (χ2v) is 7.38. The molecule has 6 nitrogen and oxygen atoms in total. The molecule has 1 aliphatic carbocycles. The van der Waals surface area contributed by atoms with Gasteiger partial charge in [0.05, 0.1) is 5.92 Å². The molecule has 0 aliphatic heterocycles. The van der Waals surface area contributed by atoms with Gasteiger partial charge in [-0.15, -0.1) is 0 Å². The Morgan fingerprint density at radius 2 is 2.00 bits per heavy atom. The van der Waals surface area contributed by atoms with Gasteiger partial charge in [-0.2, -0.15) is 12.7 Å². The molecule has 0 aromatic rings. The molecular formula is C13H26N2O4S. The molecule has 1 rings (SSSR count). The highest BCUT2D eigenvalue weighted by molar-refractivity contribution is 7.87. The molecule has 0 aromatic carbocycles. The maximum atomic E-state index is 12.0. The zero-order chi connectivity index (χ0) is 15.2. The molecule has 0 amide bonds. The molecule has 20 heavy (non-hydrogen) atoms. The van der Waals surface area contributed by atoms with Crippen molar-refractivity contribution < 1.29 is 18.3 Å². The summed E-state index contributed by atoms with van der Waals surface area (Å²) < 4.78 is 27.9. The maximum Gasteiger partial charge on any atom is 0.306 e. The average Bonchev–Trinajstić information content (AvgIpc) is 2.42. The van der Waals surface area contributed by atoms with Crippen molar-refractivity contribution >= 4 is 16.2 Å². The largest absolute Gasteiger partial charge is 0.481 e. The highest BCUT2D eigenvalue weighted by Crippen LogP contribution is 2.29. The van der Waals surface area contributed by atoms with E-state index < -0.39 is 22.1 Å². The summed E-state index contributed by atoms with van der Waals surface area (Å²) in [6, 6.07) is 0. The van der Waals surface area contributed by atoms with Crippen molar-refractivity contribution in [3.63, 3.8) is 0 Å². The van der Waals surface area contributed by atoms with E-state index in [0.29, 0.717) is 13.0 Å². The highest BCUT2D eigenvalue weighted by atomic mass is 32.2. The van der Waals surface area contributed by atoms with Gasteiger partial charge in [0.1, 0.15) is 0 Å². The summed E-state index contributed by atoms with van der Waals surface area (Å²) in [5.41, 5.74) is 0. The number of carboxylic acids is 1. The summed E-state index contributed by atoms with van der Waals surface area (Å²) in [5, 5.41) is 9.18. The quantitative estimate of drug-likeness (QED) is 0.710. The van der Waals surface area contributed by atoms with Crippen LogP contribution in [0.1, 0.15) is 45.4 Å².